The first-order valence-corrected chi connectivity index (χ1v) is 8.04. The van der Waals surface area contributed by atoms with E-state index in [0.29, 0.717) is 13.0 Å². The van der Waals surface area contributed by atoms with Gasteiger partial charge in [0, 0.05) is 12.6 Å². The number of carbonyl (C=O) groups is 1. The number of nitrogens with one attached hydrogen (secondary N) is 2. The lowest BCUT2D eigenvalue weighted by Gasteiger charge is -2.22. The van der Waals surface area contributed by atoms with Crippen LogP contribution in [0.5, 0.6) is 0 Å². The highest BCUT2D eigenvalue weighted by atomic mass is 32.2. The lowest BCUT2D eigenvalue weighted by atomic mass is 10.1. The van der Waals surface area contributed by atoms with Gasteiger partial charge in [0.05, 0.1) is 4.90 Å². The summed E-state index contributed by atoms with van der Waals surface area (Å²) in [6, 6.07) is 5.52. The number of hydrogen-bond donors (Lipinski definition) is 3. The third kappa shape index (κ3) is 3.36. The number of benzene rings is 1. The van der Waals surface area contributed by atoms with E-state index in [9.17, 15) is 13.2 Å². The molecule has 0 radical (unpaired) electrons. The van der Waals surface area contributed by atoms with Crippen LogP contribution in [-0.4, -0.2) is 26.9 Å². The highest BCUT2D eigenvalue weighted by molar-refractivity contribution is 7.89. The predicted molar refractivity (Wildman–Crippen MR) is 75.4 cm³/mol. The molecule has 1 aromatic carbocycles. The molecule has 1 aliphatic heterocycles. The fourth-order valence-corrected chi connectivity index (χ4v) is 3.32. The quantitative estimate of drug-likeness (QED) is 0.742. The van der Waals surface area contributed by atoms with E-state index < -0.39 is 16.1 Å². The summed E-state index contributed by atoms with van der Waals surface area (Å²) in [4.78, 5) is 11.7. The second-order valence-corrected chi connectivity index (χ2v) is 6.68. The van der Waals surface area contributed by atoms with Crippen molar-refractivity contribution in [1.29, 1.82) is 0 Å². The Labute approximate surface area is 118 Å². The van der Waals surface area contributed by atoms with Gasteiger partial charge in [-0.3, -0.25) is 4.79 Å². The maximum atomic E-state index is 12.2. The summed E-state index contributed by atoms with van der Waals surface area (Å²) >= 11 is 0. The fourth-order valence-electron chi connectivity index (χ4n) is 2.09. The molecule has 1 heterocycles. The smallest absolute Gasteiger partial charge is 0.241 e. The largest absolute Gasteiger partial charge is 0.355 e. The average Bonchev–Trinajstić information content (AvgIpc) is 2.41. The number of hydrogen-bond acceptors (Lipinski definition) is 4. The first kappa shape index (κ1) is 15.0. The van der Waals surface area contributed by atoms with Crippen LogP contribution in [-0.2, 0) is 14.8 Å². The van der Waals surface area contributed by atoms with Crippen molar-refractivity contribution in [2.75, 3.05) is 6.54 Å². The minimum absolute atomic E-state index is 0.139. The first-order valence-electron chi connectivity index (χ1n) is 6.56. The number of nitrogens with two attached hydrogens (primary N) is 1. The van der Waals surface area contributed by atoms with Gasteiger partial charge < -0.3 is 11.1 Å². The summed E-state index contributed by atoms with van der Waals surface area (Å²) in [6.07, 6.45) is 1.28. The van der Waals surface area contributed by atoms with Gasteiger partial charge in [0.15, 0.2) is 0 Å². The zero-order chi connectivity index (χ0) is 14.8. The Morgan fingerprint density at radius 1 is 1.35 bits per heavy atom. The Balaban J connectivity index is 2.15. The molecule has 7 heteroatoms. The lowest BCUT2D eigenvalue weighted by molar-refractivity contribution is -0.124. The minimum Gasteiger partial charge on any atom is -0.355 e. The number of amides is 1. The Bertz CT molecular complexity index is 581. The van der Waals surface area contributed by atoms with Crippen LogP contribution in [0.4, 0.5) is 0 Å². The van der Waals surface area contributed by atoms with Crippen LogP contribution in [0.1, 0.15) is 31.4 Å². The maximum absolute atomic E-state index is 12.2. The summed E-state index contributed by atoms with van der Waals surface area (Å²) in [5, 5.41) is 2.65. The molecule has 110 valence electrons. The van der Waals surface area contributed by atoms with Gasteiger partial charge in [-0.05, 0) is 37.5 Å². The van der Waals surface area contributed by atoms with Gasteiger partial charge in [0.2, 0.25) is 15.9 Å². The lowest BCUT2D eigenvalue weighted by Crippen LogP contribution is -2.50. The first-order chi connectivity index (χ1) is 9.40. The van der Waals surface area contributed by atoms with E-state index in [1.807, 2.05) is 6.92 Å². The maximum Gasteiger partial charge on any atom is 0.241 e. The Kier molecular flexibility index (Phi) is 4.42. The SMILES string of the molecule is CC(N)c1ccc(S(=O)(=O)NC2CCCNC2=O)cc1. The number of piperidine rings is 1. The van der Waals surface area contributed by atoms with Gasteiger partial charge in [-0.2, -0.15) is 4.72 Å². The van der Waals surface area contributed by atoms with Crippen molar-refractivity contribution in [2.45, 2.75) is 36.7 Å². The minimum atomic E-state index is -3.69. The van der Waals surface area contributed by atoms with Crippen molar-refractivity contribution in [3.05, 3.63) is 29.8 Å². The van der Waals surface area contributed by atoms with E-state index in [1.54, 1.807) is 12.1 Å². The summed E-state index contributed by atoms with van der Waals surface area (Å²) in [5.41, 5.74) is 6.58. The normalized spacial score (nSPS) is 21.3. The molecular weight excluding hydrogens is 278 g/mol. The molecule has 1 aliphatic rings. The molecule has 0 bridgehead atoms. The monoisotopic (exact) mass is 297 g/mol. The van der Waals surface area contributed by atoms with Crippen molar-refractivity contribution < 1.29 is 13.2 Å². The fraction of sp³-hybridized carbons (Fsp3) is 0.462. The van der Waals surface area contributed by atoms with E-state index in [2.05, 4.69) is 10.0 Å². The number of sulfonamides is 1. The van der Waals surface area contributed by atoms with E-state index >= 15 is 0 Å². The van der Waals surface area contributed by atoms with Crippen molar-refractivity contribution >= 4 is 15.9 Å². The Morgan fingerprint density at radius 2 is 2.00 bits per heavy atom. The Morgan fingerprint density at radius 3 is 2.55 bits per heavy atom. The summed E-state index contributed by atoms with van der Waals surface area (Å²) in [7, 11) is -3.69. The second-order valence-electron chi connectivity index (χ2n) is 4.96. The standard InChI is InChI=1S/C13H19N3O3S/c1-9(14)10-4-6-11(7-5-10)20(18,19)16-12-3-2-8-15-13(12)17/h4-7,9,12,16H,2-3,8,14H2,1H3,(H,15,17). The summed E-state index contributed by atoms with van der Waals surface area (Å²) < 4.78 is 26.8. The van der Waals surface area contributed by atoms with Crippen molar-refractivity contribution in [2.24, 2.45) is 5.73 Å². The highest BCUT2D eigenvalue weighted by Crippen LogP contribution is 2.16. The molecule has 0 aromatic heterocycles. The van der Waals surface area contributed by atoms with E-state index in [4.69, 9.17) is 5.73 Å². The van der Waals surface area contributed by atoms with E-state index in [1.165, 1.54) is 12.1 Å². The summed E-state index contributed by atoms with van der Waals surface area (Å²) in [5.74, 6) is -0.271. The van der Waals surface area contributed by atoms with Crippen LogP contribution in [0.2, 0.25) is 0 Å². The third-order valence-corrected chi connectivity index (χ3v) is 4.79. The molecule has 0 aliphatic carbocycles. The van der Waals surface area contributed by atoms with Crippen LogP contribution in [0, 0.1) is 0 Å². The van der Waals surface area contributed by atoms with Crippen molar-refractivity contribution in [3.63, 3.8) is 0 Å². The van der Waals surface area contributed by atoms with Gasteiger partial charge in [0.25, 0.3) is 0 Å². The van der Waals surface area contributed by atoms with Gasteiger partial charge >= 0.3 is 0 Å². The van der Waals surface area contributed by atoms with Gasteiger partial charge in [-0.15, -0.1) is 0 Å². The van der Waals surface area contributed by atoms with Crippen LogP contribution in [0.25, 0.3) is 0 Å². The molecule has 4 N–H and O–H groups in total. The molecule has 1 saturated heterocycles. The van der Waals surface area contributed by atoms with Crippen LogP contribution in [0.15, 0.2) is 29.2 Å². The van der Waals surface area contributed by atoms with E-state index in [-0.39, 0.29) is 16.8 Å². The molecule has 2 rings (SSSR count). The molecule has 1 fully saturated rings. The van der Waals surface area contributed by atoms with Gasteiger partial charge in [-0.1, -0.05) is 12.1 Å². The molecule has 20 heavy (non-hydrogen) atoms. The average molecular weight is 297 g/mol. The second kappa shape index (κ2) is 5.90. The molecule has 6 nitrogen and oxygen atoms in total. The summed E-state index contributed by atoms with van der Waals surface area (Å²) in [6.45, 7) is 2.42. The molecule has 0 spiro atoms. The van der Waals surface area contributed by atoms with Crippen molar-refractivity contribution in [1.82, 2.24) is 10.0 Å². The zero-order valence-corrected chi connectivity index (χ0v) is 12.1. The molecule has 1 aromatic rings. The molecular formula is C13H19N3O3S. The molecule has 1 amide bonds. The molecule has 2 unspecified atom stereocenters. The molecule has 0 saturated carbocycles. The Hall–Kier alpha value is -1.44. The van der Waals surface area contributed by atoms with Crippen molar-refractivity contribution in [3.8, 4) is 0 Å². The van der Waals surface area contributed by atoms with Crippen LogP contribution in [0.3, 0.4) is 0 Å². The third-order valence-electron chi connectivity index (χ3n) is 3.30. The predicted octanol–water partition coefficient (Wildman–Crippen LogP) is 0.263. The van der Waals surface area contributed by atoms with Gasteiger partial charge in [-0.25, -0.2) is 8.42 Å². The zero-order valence-electron chi connectivity index (χ0n) is 11.3. The number of rotatable bonds is 4. The molecule has 2 atom stereocenters. The van der Waals surface area contributed by atoms with Crippen LogP contribution < -0.4 is 15.8 Å². The number of carbonyl (C=O) groups excluding carboxylic acids is 1. The van der Waals surface area contributed by atoms with Crippen LogP contribution >= 0.6 is 0 Å². The van der Waals surface area contributed by atoms with E-state index in [0.717, 1.165) is 12.0 Å². The topological polar surface area (TPSA) is 101 Å². The highest BCUT2D eigenvalue weighted by Gasteiger charge is 2.27. The van der Waals surface area contributed by atoms with Gasteiger partial charge in [0.1, 0.15) is 6.04 Å².